The zero-order valence-electron chi connectivity index (χ0n) is 20.0. The molecule has 0 bridgehead atoms. The summed E-state index contributed by atoms with van der Waals surface area (Å²) in [7, 11) is 1.83. The summed E-state index contributed by atoms with van der Waals surface area (Å²) < 4.78 is 11.8. The fourth-order valence-corrected chi connectivity index (χ4v) is 5.80. The van der Waals surface area contributed by atoms with E-state index in [9.17, 15) is 5.11 Å². The van der Waals surface area contributed by atoms with Gasteiger partial charge in [0, 0.05) is 38.6 Å². The number of likely N-dealkylation sites (tertiary alicyclic amines) is 1. The van der Waals surface area contributed by atoms with Crippen molar-refractivity contribution in [2.24, 2.45) is 11.8 Å². The van der Waals surface area contributed by atoms with E-state index in [4.69, 9.17) is 9.47 Å². The van der Waals surface area contributed by atoms with Gasteiger partial charge in [0.25, 0.3) is 0 Å². The Kier molecular flexibility index (Phi) is 8.09. The number of methoxy groups -OCH3 is 1. The molecular weight excluding hydrogens is 398 g/mol. The van der Waals surface area contributed by atoms with Gasteiger partial charge in [-0.1, -0.05) is 68.2 Å². The van der Waals surface area contributed by atoms with Crippen molar-refractivity contribution >= 4 is 0 Å². The zero-order valence-corrected chi connectivity index (χ0v) is 20.0. The first-order chi connectivity index (χ1) is 15.6. The summed E-state index contributed by atoms with van der Waals surface area (Å²) in [5.41, 5.74) is 2.03. The highest BCUT2D eigenvalue weighted by Crippen LogP contribution is 2.42. The second-order valence-corrected chi connectivity index (χ2v) is 10.1. The SMILES string of the molecule is COC1CCN(CC(C2=CC=C(OCc3ccccc3)C(C)C2)C2(O)CCCCC2)CC1. The van der Waals surface area contributed by atoms with E-state index in [1.54, 1.807) is 0 Å². The molecule has 2 fully saturated rings. The Bertz CT molecular complexity index is 773. The molecule has 1 aromatic rings. The van der Waals surface area contributed by atoms with E-state index in [1.165, 1.54) is 17.6 Å². The van der Waals surface area contributed by atoms with Crippen molar-refractivity contribution in [3.8, 4) is 0 Å². The van der Waals surface area contributed by atoms with Crippen molar-refractivity contribution < 1.29 is 14.6 Å². The first-order valence-electron chi connectivity index (χ1n) is 12.6. The topological polar surface area (TPSA) is 41.9 Å². The van der Waals surface area contributed by atoms with Gasteiger partial charge in [0.2, 0.25) is 0 Å². The van der Waals surface area contributed by atoms with Crippen LogP contribution in [0.3, 0.4) is 0 Å². The first kappa shape index (κ1) is 23.5. The number of hydrogen-bond acceptors (Lipinski definition) is 4. The average molecular weight is 440 g/mol. The maximum atomic E-state index is 11.8. The predicted molar refractivity (Wildman–Crippen MR) is 129 cm³/mol. The third-order valence-corrected chi connectivity index (χ3v) is 7.86. The van der Waals surface area contributed by atoms with E-state index in [0.717, 1.165) is 70.3 Å². The molecule has 2 atom stereocenters. The van der Waals surface area contributed by atoms with Crippen LogP contribution in [0.15, 0.2) is 53.8 Å². The third-order valence-electron chi connectivity index (χ3n) is 7.86. The highest BCUT2D eigenvalue weighted by atomic mass is 16.5. The maximum absolute atomic E-state index is 11.8. The Morgan fingerprint density at radius 3 is 2.44 bits per heavy atom. The molecule has 0 radical (unpaired) electrons. The van der Waals surface area contributed by atoms with Crippen molar-refractivity contribution in [2.45, 2.75) is 76.6 Å². The number of hydrogen-bond donors (Lipinski definition) is 1. The average Bonchev–Trinajstić information content (AvgIpc) is 2.83. The smallest absolute Gasteiger partial charge is 0.113 e. The van der Waals surface area contributed by atoms with E-state index in [0.29, 0.717) is 18.6 Å². The standard InChI is InChI=1S/C28H41NO3/c1-22-19-24(11-12-27(22)32-21-23-9-5-3-6-10-23)26(28(30)15-7-4-8-16-28)20-29-17-13-25(31-2)14-18-29/h3,5-6,9-12,22,25-26,30H,4,7-8,13-21H2,1-2H3. The molecule has 2 aliphatic carbocycles. The zero-order chi connectivity index (χ0) is 22.4. The lowest BCUT2D eigenvalue weighted by atomic mass is 9.70. The number of benzene rings is 1. The molecule has 0 spiro atoms. The minimum absolute atomic E-state index is 0.205. The van der Waals surface area contributed by atoms with Gasteiger partial charge in [0.05, 0.1) is 17.5 Å². The van der Waals surface area contributed by atoms with Gasteiger partial charge in [0.1, 0.15) is 6.61 Å². The molecule has 4 rings (SSSR count). The van der Waals surface area contributed by atoms with Crippen LogP contribution in [0.1, 0.15) is 63.9 Å². The van der Waals surface area contributed by atoms with Crippen LogP contribution in [0.25, 0.3) is 0 Å². The third kappa shape index (κ3) is 5.84. The summed E-state index contributed by atoms with van der Waals surface area (Å²) in [4.78, 5) is 2.56. The lowest BCUT2D eigenvalue weighted by Gasteiger charge is -2.44. The Hall–Kier alpha value is -1.62. The van der Waals surface area contributed by atoms with E-state index >= 15 is 0 Å². The van der Waals surface area contributed by atoms with Gasteiger partial charge in [-0.15, -0.1) is 0 Å². The van der Waals surface area contributed by atoms with Crippen LogP contribution in [-0.4, -0.2) is 48.5 Å². The van der Waals surface area contributed by atoms with Crippen LogP contribution < -0.4 is 0 Å². The van der Waals surface area contributed by atoms with Crippen LogP contribution in [0, 0.1) is 11.8 Å². The monoisotopic (exact) mass is 439 g/mol. The quantitative estimate of drug-likeness (QED) is 0.583. The summed E-state index contributed by atoms with van der Waals surface area (Å²) in [6, 6.07) is 10.4. The molecule has 32 heavy (non-hydrogen) atoms. The number of piperidine rings is 1. The Balaban J connectivity index is 1.47. The molecule has 3 aliphatic rings. The number of rotatable bonds is 8. The number of nitrogens with zero attached hydrogens (tertiary/aromatic N) is 1. The van der Waals surface area contributed by atoms with Gasteiger partial charge in [-0.2, -0.15) is 0 Å². The van der Waals surface area contributed by atoms with Gasteiger partial charge in [0.15, 0.2) is 0 Å². The number of allylic oxidation sites excluding steroid dienone is 3. The lowest BCUT2D eigenvalue weighted by Crippen LogP contribution is -2.49. The van der Waals surface area contributed by atoms with Crippen LogP contribution in [0.5, 0.6) is 0 Å². The largest absolute Gasteiger partial charge is 0.493 e. The van der Waals surface area contributed by atoms with Crippen molar-refractivity contribution in [2.75, 3.05) is 26.7 Å². The molecule has 1 N–H and O–H groups in total. The Morgan fingerprint density at radius 1 is 1.06 bits per heavy atom. The molecule has 0 amide bonds. The number of aliphatic hydroxyl groups is 1. The second-order valence-electron chi connectivity index (χ2n) is 10.1. The molecule has 0 aromatic heterocycles. The number of ether oxygens (including phenoxy) is 2. The van der Waals surface area contributed by atoms with Crippen LogP contribution in [0.4, 0.5) is 0 Å². The molecule has 4 nitrogen and oxygen atoms in total. The van der Waals surface area contributed by atoms with Crippen LogP contribution >= 0.6 is 0 Å². The summed E-state index contributed by atoms with van der Waals surface area (Å²) in [6.07, 6.45) is 13.4. The molecule has 1 saturated heterocycles. The van der Waals surface area contributed by atoms with E-state index in [1.807, 2.05) is 13.2 Å². The van der Waals surface area contributed by atoms with Crippen molar-refractivity contribution in [1.82, 2.24) is 4.90 Å². The molecule has 1 saturated carbocycles. The summed E-state index contributed by atoms with van der Waals surface area (Å²) in [5.74, 6) is 1.61. The Labute approximate surface area is 194 Å². The highest BCUT2D eigenvalue weighted by Gasteiger charge is 2.41. The molecule has 1 aromatic carbocycles. The molecule has 4 heteroatoms. The minimum atomic E-state index is -0.571. The van der Waals surface area contributed by atoms with Gasteiger partial charge >= 0.3 is 0 Å². The van der Waals surface area contributed by atoms with Crippen molar-refractivity contribution in [3.05, 3.63) is 59.4 Å². The van der Waals surface area contributed by atoms with E-state index < -0.39 is 5.60 Å². The van der Waals surface area contributed by atoms with Gasteiger partial charge in [-0.3, -0.25) is 0 Å². The molecule has 1 heterocycles. The normalized spacial score (nSPS) is 25.7. The van der Waals surface area contributed by atoms with Gasteiger partial charge < -0.3 is 19.5 Å². The van der Waals surface area contributed by atoms with Crippen LogP contribution in [0.2, 0.25) is 0 Å². The summed E-state index contributed by atoms with van der Waals surface area (Å²) >= 11 is 0. The fraction of sp³-hybridized carbons (Fsp3) is 0.643. The fourth-order valence-electron chi connectivity index (χ4n) is 5.80. The van der Waals surface area contributed by atoms with Crippen molar-refractivity contribution in [1.29, 1.82) is 0 Å². The summed E-state index contributed by atoms with van der Waals surface area (Å²) in [6.45, 7) is 5.96. The minimum Gasteiger partial charge on any atom is -0.493 e. The van der Waals surface area contributed by atoms with E-state index in [2.05, 4.69) is 48.2 Å². The maximum Gasteiger partial charge on any atom is 0.113 e. The molecule has 2 unspecified atom stereocenters. The highest BCUT2D eigenvalue weighted by molar-refractivity contribution is 5.28. The molecule has 1 aliphatic heterocycles. The van der Waals surface area contributed by atoms with E-state index in [-0.39, 0.29) is 5.92 Å². The van der Waals surface area contributed by atoms with Gasteiger partial charge in [-0.05, 0) is 43.7 Å². The van der Waals surface area contributed by atoms with Crippen molar-refractivity contribution in [3.63, 3.8) is 0 Å². The molecular formula is C28H41NO3. The van der Waals surface area contributed by atoms with Crippen LogP contribution in [-0.2, 0) is 16.1 Å². The predicted octanol–water partition coefficient (Wildman–Crippen LogP) is 5.48. The second kappa shape index (κ2) is 11.0. The summed E-state index contributed by atoms with van der Waals surface area (Å²) in [5, 5.41) is 11.8. The van der Waals surface area contributed by atoms with Gasteiger partial charge in [-0.25, -0.2) is 0 Å². The molecule has 176 valence electrons. The first-order valence-corrected chi connectivity index (χ1v) is 12.6. The lowest BCUT2D eigenvalue weighted by molar-refractivity contribution is -0.0536. The Morgan fingerprint density at radius 2 is 1.78 bits per heavy atom.